The van der Waals surface area contributed by atoms with Crippen molar-refractivity contribution in [1.29, 1.82) is 0 Å². The third kappa shape index (κ3) is 5.26. The molecule has 0 amide bonds. The lowest BCUT2D eigenvalue weighted by Crippen LogP contribution is -2.36. The standard InChI is InChI=1S/C20H18F4N2O5S/c21-14-10-13(6-8-25-12-18(27)31-19(28)20(22,23)24)16-7-9-26(17(16)11-14)32(29,30)15-4-2-1-3-5-15/h1-5,7,9-11,18,25,27H,6,8,12H2. The molecule has 7 nitrogen and oxygen atoms in total. The molecule has 0 saturated carbocycles. The number of ether oxygens (including phenoxy) is 1. The first kappa shape index (κ1) is 23.7. The van der Waals surface area contributed by atoms with Crippen LogP contribution in [-0.4, -0.2) is 49.0 Å². The lowest BCUT2D eigenvalue weighted by atomic mass is 10.1. The molecule has 0 aliphatic carbocycles. The van der Waals surface area contributed by atoms with Crippen LogP contribution < -0.4 is 5.32 Å². The first-order chi connectivity index (χ1) is 15.0. The number of nitrogens with one attached hydrogen (secondary N) is 1. The van der Waals surface area contributed by atoms with E-state index in [1.165, 1.54) is 30.5 Å². The number of carbonyl (C=O) groups is 1. The number of aromatic nitrogens is 1. The molecule has 0 aliphatic rings. The Kier molecular flexibility index (Phi) is 6.86. The number of nitrogens with zero attached hydrogens (tertiary/aromatic N) is 1. The summed E-state index contributed by atoms with van der Waals surface area (Å²) >= 11 is 0. The molecular formula is C20H18F4N2O5S. The maximum atomic E-state index is 14.2. The highest BCUT2D eigenvalue weighted by atomic mass is 32.2. The number of halogens is 4. The quantitative estimate of drug-likeness (QED) is 0.226. The summed E-state index contributed by atoms with van der Waals surface area (Å²) in [5.41, 5.74) is 0.569. The molecule has 12 heteroatoms. The van der Waals surface area contributed by atoms with E-state index >= 15 is 0 Å². The lowest BCUT2D eigenvalue weighted by Gasteiger charge is -2.14. The van der Waals surface area contributed by atoms with Crippen molar-refractivity contribution in [2.24, 2.45) is 0 Å². The maximum Gasteiger partial charge on any atom is 0.491 e. The van der Waals surface area contributed by atoms with Crippen molar-refractivity contribution < 1.29 is 40.6 Å². The molecule has 1 atom stereocenters. The van der Waals surface area contributed by atoms with E-state index in [1.807, 2.05) is 0 Å². The zero-order valence-electron chi connectivity index (χ0n) is 16.3. The topological polar surface area (TPSA) is 97.6 Å². The number of hydrogen-bond donors (Lipinski definition) is 2. The van der Waals surface area contributed by atoms with Crippen molar-refractivity contribution in [2.75, 3.05) is 13.1 Å². The van der Waals surface area contributed by atoms with Crippen LogP contribution in [0.2, 0.25) is 0 Å². The average Bonchev–Trinajstić information content (AvgIpc) is 3.15. The number of fused-ring (bicyclic) bond motifs is 1. The fourth-order valence-electron chi connectivity index (χ4n) is 3.06. The molecule has 1 unspecified atom stereocenters. The van der Waals surface area contributed by atoms with Gasteiger partial charge in [-0.1, -0.05) is 18.2 Å². The van der Waals surface area contributed by atoms with E-state index in [0.29, 0.717) is 10.9 Å². The number of esters is 1. The highest BCUT2D eigenvalue weighted by molar-refractivity contribution is 7.90. The second kappa shape index (κ2) is 9.27. The molecule has 172 valence electrons. The summed E-state index contributed by atoms with van der Waals surface area (Å²) < 4.78 is 81.2. The fraction of sp³-hybridized carbons (Fsp3) is 0.250. The van der Waals surface area contributed by atoms with Crippen molar-refractivity contribution in [2.45, 2.75) is 23.8 Å². The highest BCUT2D eigenvalue weighted by Crippen LogP contribution is 2.26. The molecular weight excluding hydrogens is 456 g/mol. The van der Waals surface area contributed by atoms with Gasteiger partial charge in [-0.25, -0.2) is 21.6 Å². The third-order valence-corrected chi connectivity index (χ3v) is 6.19. The van der Waals surface area contributed by atoms with Gasteiger partial charge in [-0.05, 0) is 48.9 Å². The van der Waals surface area contributed by atoms with Gasteiger partial charge in [-0.3, -0.25) is 0 Å². The SMILES string of the molecule is O=C(OC(O)CNCCc1cc(F)cc2c1ccn2S(=O)(=O)c1ccccc1)C(F)(F)F. The van der Waals surface area contributed by atoms with E-state index in [4.69, 9.17) is 0 Å². The van der Waals surface area contributed by atoms with Crippen molar-refractivity contribution in [1.82, 2.24) is 9.29 Å². The van der Waals surface area contributed by atoms with Crippen LogP contribution >= 0.6 is 0 Å². The van der Waals surface area contributed by atoms with Gasteiger partial charge in [0.05, 0.1) is 17.0 Å². The van der Waals surface area contributed by atoms with Gasteiger partial charge in [0.2, 0.25) is 6.29 Å². The molecule has 1 aromatic heterocycles. The average molecular weight is 474 g/mol. The first-order valence-electron chi connectivity index (χ1n) is 9.27. The monoisotopic (exact) mass is 474 g/mol. The number of benzene rings is 2. The largest absolute Gasteiger partial charge is 0.491 e. The fourth-order valence-corrected chi connectivity index (χ4v) is 4.42. The minimum atomic E-state index is -5.22. The maximum absolute atomic E-state index is 14.2. The summed E-state index contributed by atoms with van der Waals surface area (Å²) in [6.45, 7) is -0.403. The molecule has 0 radical (unpaired) electrons. The summed E-state index contributed by atoms with van der Waals surface area (Å²) in [4.78, 5) is 10.7. The minimum Gasteiger partial charge on any atom is -0.428 e. The van der Waals surface area contributed by atoms with Gasteiger partial charge in [0.15, 0.2) is 0 Å². The molecule has 0 fully saturated rings. The first-order valence-corrected chi connectivity index (χ1v) is 10.7. The van der Waals surface area contributed by atoms with Crippen LogP contribution in [0.4, 0.5) is 17.6 Å². The molecule has 32 heavy (non-hydrogen) atoms. The molecule has 0 aliphatic heterocycles. The Morgan fingerprint density at radius 1 is 1.16 bits per heavy atom. The van der Waals surface area contributed by atoms with Crippen LogP contribution in [0.3, 0.4) is 0 Å². The number of aliphatic hydroxyl groups excluding tert-OH is 1. The minimum absolute atomic E-state index is 0.0346. The Balaban J connectivity index is 1.72. The zero-order chi connectivity index (χ0) is 23.5. The van der Waals surface area contributed by atoms with Gasteiger partial charge >= 0.3 is 12.1 Å². The van der Waals surface area contributed by atoms with E-state index in [0.717, 1.165) is 10.0 Å². The zero-order valence-corrected chi connectivity index (χ0v) is 17.2. The van der Waals surface area contributed by atoms with E-state index in [1.54, 1.807) is 18.2 Å². The normalized spacial score (nSPS) is 13.3. The van der Waals surface area contributed by atoms with Crippen LogP contribution in [0.5, 0.6) is 0 Å². The van der Waals surface area contributed by atoms with Crippen LogP contribution in [0.15, 0.2) is 59.6 Å². The number of alkyl halides is 3. The van der Waals surface area contributed by atoms with Crippen LogP contribution in [-0.2, 0) is 26.0 Å². The number of rotatable bonds is 8. The Bertz CT molecular complexity index is 1210. The van der Waals surface area contributed by atoms with Gasteiger partial charge in [0.1, 0.15) is 5.82 Å². The molecule has 2 N–H and O–H groups in total. The van der Waals surface area contributed by atoms with E-state index in [9.17, 15) is 35.9 Å². The van der Waals surface area contributed by atoms with Gasteiger partial charge < -0.3 is 15.2 Å². The third-order valence-electron chi connectivity index (χ3n) is 4.49. The van der Waals surface area contributed by atoms with Crippen molar-refractivity contribution in [3.63, 3.8) is 0 Å². The van der Waals surface area contributed by atoms with Gasteiger partial charge in [0, 0.05) is 11.6 Å². The van der Waals surface area contributed by atoms with Gasteiger partial charge in [0.25, 0.3) is 10.0 Å². The summed E-state index contributed by atoms with van der Waals surface area (Å²) in [6.07, 6.45) is -5.77. The van der Waals surface area contributed by atoms with Gasteiger partial charge in [-0.15, -0.1) is 0 Å². The van der Waals surface area contributed by atoms with Crippen LogP contribution in [0.1, 0.15) is 5.56 Å². The van der Waals surface area contributed by atoms with Crippen molar-refractivity contribution in [3.8, 4) is 0 Å². The lowest BCUT2D eigenvalue weighted by molar-refractivity contribution is -0.218. The Hall–Kier alpha value is -2.96. The second-order valence-corrected chi connectivity index (χ2v) is 8.55. The molecule has 3 rings (SSSR count). The molecule has 3 aromatic rings. The predicted molar refractivity (Wildman–Crippen MR) is 106 cm³/mol. The number of carbonyl (C=O) groups excluding carboxylic acids is 1. The molecule has 1 heterocycles. The molecule has 0 saturated heterocycles. The summed E-state index contributed by atoms with van der Waals surface area (Å²) in [6, 6.07) is 11.5. The van der Waals surface area contributed by atoms with Crippen molar-refractivity contribution in [3.05, 3.63) is 66.1 Å². The smallest absolute Gasteiger partial charge is 0.428 e. The van der Waals surface area contributed by atoms with Crippen LogP contribution in [0, 0.1) is 5.82 Å². The Morgan fingerprint density at radius 3 is 2.50 bits per heavy atom. The highest BCUT2D eigenvalue weighted by Gasteiger charge is 2.42. The van der Waals surface area contributed by atoms with E-state index in [-0.39, 0.29) is 23.4 Å². The summed E-state index contributed by atoms with van der Waals surface area (Å²) in [5, 5.41) is 12.4. The second-order valence-electron chi connectivity index (χ2n) is 6.74. The number of hydrogen-bond acceptors (Lipinski definition) is 6. The van der Waals surface area contributed by atoms with Crippen LogP contribution in [0.25, 0.3) is 10.9 Å². The number of aliphatic hydroxyl groups is 1. The summed E-state index contributed by atoms with van der Waals surface area (Å²) in [7, 11) is -3.95. The van der Waals surface area contributed by atoms with E-state index < -0.39 is 40.8 Å². The van der Waals surface area contributed by atoms with Crippen molar-refractivity contribution >= 4 is 26.9 Å². The Morgan fingerprint density at radius 2 is 1.84 bits per heavy atom. The van der Waals surface area contributed by atoms with Gasteiger partial charge in [-0.2, -0.15) is 13.2 Å². The Labute approximate surface area is 180 Å². The molecule has 0 spiro atoms. The molecule has 2 aromatic carbocycles. The summed E-state index contributed by atoms with van der Waals surface area (Å²) in [5.74, 6) is -3.19. The predicted octanol–water partition coefficient (Wildman–Crippen LogP) is 2.57. The van der Waals surface area contributed by atoms with E-state index in [2.05, 4.69) is 10.1 Å². The molecule has 0 bridgehead atoms.